The van der Waals surface area contributed by atoms with Gasteiger partial charge in [-0.25, -0.2) is 9.78 Å². The number of imide groups is 1. The van der Waals surface area contributed by atoms with E-state index in [9.17, 15) is 14.4 Å². The molecule has 0 spiro atoms. The average Bonchev–Trinajstić information content (AvgIpc) is 2.87. The number of carbonyl (C=O) groups is 3. The van der Waals surface area contributed by atoms with Crippen LogP contribution in [0.15, 0.2) is 18.7 Å². The Hall–Kier alpha value is -2.38. The van der Waals surface area contributed by atoms with Crippen LogP contribution in [0.5, 0.6) is 0 Å². The number of rotatable bonds is 8. The first-order valence-electron chi connectivity index (χ1n) is 6.33. The van der Waals surface area contributed by atoms with E-state index in [2.05, 4.69) is 15.6 Å². The van der Waals surface area contributed by atoms with Crippen molar-refractivity contribution in [3.8, 4) is 0 Å². The quantitative estimate of drug-likeness (QED) is 0.595. The minimum atomic E-state index is -0.886. The molecule has 0 fully saturated rings. The molecule has 20 heavy (non-hydrogen) atoms. The van der Waals surface area contributed by atoms with Gasteiger partial charge in [0.25, 0.3) is 0 Å². The third-order valence-electron chi connectivity index (χ3n) is 2.51. The van der Waals surface area contributed by atoms with Crippen molar-refractivity contribution in [3.63, 3.8) is 0 Å². The van der Waals surface area contributed by atoms with Crippen LogP contribution in [0.4, 0.5) is 4.79 Å². The van der Waals surface area contributed by atoms with Gasteiger partial charge in [0, 0.05) is 38.3 Å². The molecule has 110 valence electrons. The van der Waals surface area contributed by atoms with E-state index in [1.807, 2.05) is 0 Å². The van der Waals surface area contributed by atoms with Crippen LogP contribution >= 0.6 is 0 Å². The number of carbonyl (C=O) groups excluding carboxylic acids is 2. The molecule has 0 aliphatic heterocycles. The summed E-state index contributed by atoms with van der Waals surface area (Å²) in [7, 11) is 0. The van der Waals surface area contributed by atoms with Crippen LogP contribution in [0, 0.1) is 0 Å². The molecule has 0 bridgehead atoms. The van der Waals surface area contributed by atoms with Gasteiger partial charge in [-0.2, -0.15) is 0 Å². The predicted molar refractivity (Wildman–Crippen MR) is 69.9 cm³/mol. The van der Waals surface area contributed by atoms with E-state index in [0.29, 0.717) is 25.9 Å². The second kappa shape index (κ2) is 8.68. The third kappa shape index (κ3) is 7.14. The molecule has 3 amide bonds. The second-order valence-corrected chi connectivity index (χ2v) is 4.21. The summed E-state index contributed by atoms with van der Waals surface area (Å²) in [5.74, 6) is -1.29. The van der Waals surface area contributed by atoms with E-state index in [-0.39, 0.29) is 12.8 Å². The molecule has 0 saturated heterocycles. The minimum Gasteiger partial charge on any atom is -0.481 e. The Morgan fingerprint density at radius 2 is 1.95 bits per heavy atom. The van der Waals surface area contributed by atoms with Gasteiger partial charge in [-0.1, -0.05) is 0 Å². The third-order valence-corrected chi connectivity index (χ3v) is 2.51. The lowest BCUT2D eigenvalue weighted by molar-refractivity contribution is -0.137. The number of imidazole rings is 1. The molecular weight excluding hydrogens is 264 g/mol. The van der Waals surface area contributed by atoms with Crippen LogP contribution in [-0.2, 0) is 16.1 Å². The summed E-state index contributed by atoms with van der Waals surface area (Å²) in [5.41, 5.74) is 0. The van der Waals surface area contributed by atoms with Crippen LogP contribution in [0.3, 0.4) is 0 Å². The summed E-state index contributed by atoms with van der Waals surface area (Å²) >= 11 is 0. The lowest BCUT2D eigenvalue weighted by Crippen LogP contribution is -2.40. The summed E-state index contributed by atoms with van der Waals surface area (Å²) < 4.78 is 1.80. The van der Waals surface area contributed by atoms with Gasteiger partial charge in [0.15, 0.2) is 0 Å². The zero-order valence-electron chi connectivity index (χ0n) is 11.0. The Balaban J connectivity index is 2.05. The molecule has 1 rings (SSSR count). The summed E-state index contributed by atoms with van der Waals surface area (Å²) in [6, 6.07) is -0.548. The number of aromatic nitrogens is 2. The number of carboxylic acid groups (broad SMARTS) is 1. The summed E-state index contributed by atoms with van der Waals surface area (Å²) in [4.78, 5) is 36.8. The van der Waals surface area contributed by atoms with Crippen LogP contribution in [0.1, 0.15) is 25.7 Å². The predicted octanol–water partition coefficient (Wildman–Crippen LogP) is 0.354. The number of hydrogen-bond donors (Lipinski definition) is 3. The van der Waals surface area contributed by atoms with Crippen molar-refractivity contribution < 1.29 is 19.5 Å². The van der Waals surface area contributed by atoms with Gasteiger partial charge in [-0.05, 0) is 12.8 Å². The lowest BCUT2D eigenvalue weighted by Gasteiger charge is -2.07. The van der Waals surface area contributed by atoms with Crippen LogP contribution < -0.4 is 10.6 Å². The van der Waals surface area contributed by atoms with Crippen molar-refractivity contribution in [3.05, 3.63) is 18.7 Å². The number of aliphatic carboxylic acids is 1. The molecule has 8 heteroatoms. The van der Waals surface area contributed by atoms with E-state index in [0.717, 1.165) is 0 Å². The smallest absolute Gasteiger partial charge is 0.321 e. The maximum atomic E-state index is 11.4. The summed E-state index contributed by atoms with van der Waals surface area (Å²) in [5, 5.41) is 13.2. The zero-order chi connectivity index (χ0) is 14.8. The highest BCUT2D eigenvalue weighted by Crippen LogP contribution is 1.99. The van der Waals surface area contributed by atoms with E-state index in [1.54, 1.807) is 23.3 Å². The van der Waals surface area contributed by atoms with Crippen molar-refractivity contribution in [2.24, 2.45) is 0 Å². The number of nitrogens with zero attached hydrogens (tertiary/aromatic N) is 2. The SMILES string of the molecule is O=C(O)CCCCC(=O)NC(=O)NCCn1ccnc1. The van der Waals surface area contributed by atoms with Crippen molar-refractivity contribution >= 4 is 17.9 Å². The molecule has 8 nitrogen and oxygen atoms in total. The first-order valence-corrected chi connectivity index (χ1v) is 6.33. The van der Waals surface area contributed by atoms with Gasteiger partial charge in [0.1, 0.15) is 0 Å². The van der Waals surface area contributed by atoms with Gasteiger partial charge in [0.2, 0.25) is 5.91 Å². The molecule has 0 saturated carbocycles. The Morgan fingerprint density at radius 3 is 2.60 bits per heavy atom. The molecule has 0 aliphatic rings. The number of amides is 3. The average molecular weight is 282 g/mol. The minimum absolute atomic E-state index is 0.0321. The monoisotopic (exact) mass is 282 g/mol. The second-order valence-electron chi connectivity index (χ2n) is 4.21. The fourth-order valence-electron chi connectivity index (χ4n) is 1.51. The number of hydrogen-bond acceptors (Lipinski definition) is 4. The Bertz CT molecular complexity index is 444. The fourth-order valence-corrected chi connectivity index (χ4v) is 1.51. The van der Waals surface area contributed by atoms with Crippen molar-refractivity contribution in [1.29, 1.82) is 0 Å². The molecule has 1 aromatic rings. The van der Waals surface area contributed by atoms with E-state index in [1.165, 1.54) is 0 Å². The largest absolute Gasteiger partial charge is 0.481 e. The normalized spacial score (nSPS) is 10.0. The fraction of sp³-hybridized carbons (Fsp3) is 0.500. The van der Waals surface area contributed by atoms with Gasteiger partial charge >= 0.3 is 12.0 Å². The molecule has 0 aliphatic carbocycles. The van der Waals surface area contributed by atoms with Crippen molar-refractivity contribution in [2.75, 3.05) is 6.54 Å². The van der Waals surface area contributed by atoms with E-state index < -0.39 is 17.9 Å². The van der Waals surface area contributed by atoms with Gasteiger partial charge < -0.3 is 15.0 Å². The van der Waals surface area contributed by atoms with Gasteiger partial charge in [-0.3, -0.25) is 14.9 Å². The molecule has 1 aromatic heterocycles. The molecule has 0 atom stereocenters. The van der Waals surface area contributed by atoms with Gasteiger partial charge in [-0.15, -0.1) is 0 Å². The number of unbranched alkanes of at least 4 members (excludes halogenated alkanes) is 1. The molecule has 0 aromatic carbocycles. The van der Waals surface area contributed by atoms with Crippen molar-refractivity contribution in [2.45, 2.75) is 32.2 Å². The highest BCUT2D eigenvalue weighted by molar-refractivity contribution is 5.94. The topological polar surface area (TPSA) is 113 Å². The highest BCUT2D eigenvalue weighted by atomic mass is 16.4. The summed E-state index contributed by atoms with van der Waals surface area (Å²) in [6.07, 6.45) is 6.08. The lowest BCUT2D eigenvalue weighted by atomic mass is 10.2. The first kappa shape index (κ1) is 15.7. The van der Waals surface area contributed by atoms with E-state index >= 15 is 0 Å². The number of carboxylic acids is 1. The van der Waals surface area contributed by atoms with Crippen molar-refractivity contribution in [1.82, 2.24) is 20.2 Å². The molecule has 0 unspecified atom stereocenters. The van der Waals surface area contributed by atoms with Crippen LogP contribution in [0.25, 0.3) is 0 Å². The molecule has 0 radical (unpaired) electrons. The molecule has 3 N–H and O–H groups in total. The summed E-state index contributed by atoms with van der Waals surface area (Å²) in [6.45, 7) is 0.953. The maximum absolute atomic E-state index is 11.4. The zero-order valence-corrected chi connectivity index (χ0v) is 11.0. The Kier molecular flexibility index (Phi) is 6.80. The molecular formula is C12H18N4O4. The number of nitrogens with one attached hydrogen (secondary N) is 2. The Morgan fingerprint density at radius 1 is 1.20 bits per heavy atom. The Labute approximate surface area is 116 Å². The van der Waals surface area contributed by atoms with E-state index in [4.69, 9.17) is 5.11 Å². The van der Waals surface area contributed by atoms with Crippen LogP contribution in [0.2, 0.25) is 0 Å². The van der Waals surface area contributed by atoms with Crippen LogP contribution in [-0.4, -0.2) is 39.1 Å². The first-order chi connectivity index (χ1) is 9.58. The standard InChI is InChI=1S/C12H18N4O4/c17-10(3-1-2-4-11(18)19)15-12(20)14-6-8-16-7-5-13-9-16/h5,7,9H,1-4,6,8H2,(H,18,19)(H2,14,15,17,20). The molecule has 1 heterocycles. The van der Waals surface area contributed by atoms with Gasteiger partial charge in [0.05, 0.1) is 6.33 Å². The number of urea groups is 1. The maximum Gasteiger partial charge on any atom is 0.321 e. The highest BCUT2D eigenvalue weighted by Gasteiger charge is 2.07.